The fourth-order valence-corrected chi connectivity index (χ4v) is 4.42. The van der Waals surface area contributed by atoms with Gasteiger partial charge < -0.3 is 5.32 Å². The van der Waals surface area contributed by atoms with E-state index >= 15 is 0 Å². The Bertz CT molecular complexity index is 975. The Kier molecular flexibility index (Phi) is 6.26. The minimum absolute atomic E-state index is 0.0747. The van der Waals surface area contributed by atoms with Crippen LogP contribution in [0, 0.1) is 6.92 Å². The number of benzene rings is 3. The van der Waals surface area contributed by atoms with Gasteiger partial charge in [-0.05, 0) is 53.8 Å². The Morgan fingerprint density at radius 3 is 2.45 bits per heavy atom. The van der Waals surface area contributed by atoms with Gasteiger partial charge >= 0.3 is 0 Å². The van der Waals surface area contributed by atoms with Gasteiger partial charge in [-0.2, -0.15) is 0 Å². The normalized spacial score (nSPS) is 15.0. The second-order valence-electron chi connectivity index (χ2n) is 8.24. The summed E-state index contributed by atoms with van der Waals surface area (Å²) < 4.78 is 0. The van der Waals surface area contributed by atoms with Crippen LogP contribution in [0.3, 0.4) is 0 Å². The fraction of sp³-hybridized carbons (Fsp3) is 0.346. The molecule has 1 fully saturated rings. The first-order chi connectivity index (χ1) is 14.2. The van der Waals surface area contributed by atoms with E-state index in [1.54, 1.807) is 0 Å². The minimum atomic E-state index is 0.0747. The van der Waals surface area contributed by atoms with Crippen molar-refractivity contribution in [3.05, 3.63) is 77.9 Å². The number of aryl methyl sites for hydroxylation is 1. The second kappa shape index (κ2) is 9.23. The molecule has 0 atom stereocenters. The average molecular weight is 387 g/mol. The third-order valence-corrected chi connectivity index (χ3v) is 6.06. The van der Waals surface area contributed by atoms with Crippen molar-refractivity contribution in [1.82, 2.24) is 4.90 Å². The molecule has 1 aliphatic carbocycles. The molecular formula is C26H30N2O. The maximum atomic E-state index is 12.9. The van der Waals surface area contributed by atoms with Gasteiger partial charge in [0.1, 0.15) is 0 Å². The molecule has 3 nitrogen and oxygen atoms in total. The van der Waals surface area contributed by atoms with Crippen molar-refractivity contribution in [1.29, 1.82) is 0 Å². The zero-order valence-electron chi connectivity index (χ0n) is 17.2. The molecule has 1 N–H and O–H groups in total. The number of nitrogens with one attached hydrogen (secondary N) is 1. The molecule has 3 aromatic carbocycles. The summed E-state index contributed by atoms with van der Waals surface area (Å²) in [6, 6.07) is 23.6. The number of nitrogens with zero attached hydrogens (tertiary/aromatic N) is 1. The van der Waals surface area contributed by atoms with Crippen LogP contribution >= 0.6 is 0 Å². The van der Waals surface area contributed by atoms with Crippen LogP contribution in [0.4, 0.5) is 5.69 Å². The molecule has 0 heterocycles. The summed E-state index contributed by atoms with van der Waals surface area (Å²) in [7, 11) is 0. The first-order valence-corrected chi connectivity index (χ1v) is 10.8. The van der Waals surface area contributed by atoms with Gasteiger partial charge in [0, 0.05) is 18.3 Å². The predicted molar refractivity (Wildman–Crippen MR) is 121 cm³/mol. The molecule has 29 heavy (non-hydrogen) atoms. The van der Waals surface area contributed by atoms with Crippen molar-refractivity contribution >= 4 is 22.4 Å². The van der Waals surface area contributed by atoms with Gasteiger partial charge in [-0.1, -0.05) is 73.9 Å². The molecule has 0 unspecified atom stereocenters. The molecule has 0 aromatic heterocycles. The number of para-hydroxylation sites is 1. The molecule has 0 aliphatic heterocycles. The van der Waals surface area contributed by atoms with E-state index < -0.39 is 0 Å². The van der Waals surface area contributed by atoms with Crippen LogP contribution in [0.1, 0.15) is 43.2 Å². The molecule has 0 bridgehead atoms. The molecule has 1 saturated carbocycles. The lowest BCUT2D eigenvalue weighted by Crippen LogP contribution is -2.41. The van der Waals surface area contributed by atoms with Crippen molar-refractivity contribution in [2.75, 3.05) is 11.9 Å². The zero-order chi connectivity index (χ0) is 20.1. The highest BCUT2D eigenvalue weighted by atomic mass is 16.2. The summed E-state index contributed by atoms with van der Waals surface area (Å²) in [5.74, 6) is 0.0747. The Balaban J connectivity index is 1.50. The predicted octanol–water partition coefficient (Wildman–Crippen LogP) is 5.92. The number of carbonyl (C=O) groups excluding carboxylic acids is 1. The molecule has 0 saturated heterocycles. The highest BCUT2D eigenvalue weighted by molar-refractivity contribution is 5.93. The molecular weight excluding hydrogens is 356 g/mol. The third kappa shape index (κ3) is 5.04. The number of amides is 1. The fourth-order valence-electron chi connectivity index (χ4n) is 4.42. The van der Waals surface area contributed by atoms with Gasteiger partial charge in [0.2, 0.25) is 5.91 Å². The molecule has 3 heteroatoms. The lowest BCUT2D eigenvalue weighted by molar-refractivity contribution is -0.118. The van der Waals surface area contributed by atoms with Gasteiger partial charge in [0.15, 0.2) is 0 Å². The maximum Gasteiger partial charge on any atom is 0.238 e. The standard InChI is InChI=1S/C26H30N2O/c1-20-9-5-8-14-25(20)27-26(29)19-28(24-12-3-2-4-13-24)18-21-15-16-22-10-6-7-11-23(22)17-21/h5-11,14-17,24H,2-4,12-13,18-19H2,1H3,(H,27,29). The van der Waals surface area contributed by atoms with Gasteiger partial charge in [-0.25, -0.2) is 0 Å². The number of rotatable bonds is 6. The van der Waals surface area contributed by atoms with E-state index in [0.29, 0.717) is 12.6 Å². The first kappa shape index (κ1) is 19.7. The van der Waals surface area contributed by atoms with Crippen LogP contribution in [0.5, 0.6) is 0 Å². The van der Waals surface area contributed by atoms with E-state index in [-0.39, 0.29) is 5.91 Å². The van der Waals surface area contributed by atoms with E-state index in [2.05, 4.69) is 52.7 Å². The van der Waals surface area contributed by atoms with Crippen LogP contribution in [-0.2, 0) is 11.3 Å². The summed E-state index contributed by atoms with van der Waals surface area (Å²) >= 11 is 0. The van der Waals surface area contributed by atoms with Crippen molar-refractivity contribution in [3.8, 4) is 0 Å². The highest BCUT2D eigenvalue weighted by Crippen LogP contribution is 2.25. The van der Waals surface area contributed by atoms with Crippen LogP contribution < -0.4 is 5.32 Å². The number of fused-ring (bicyclic) bond motifs is 1. The molecule has 4 rings (SSSR count). The van der Waals surface area contributed by atoms with Crippen LogP contribution in [0.25, 0.3) is 10.8 Å². The van der Waals surface area contributed by atoms with E-state index in [1.165, 1.54) is 48.4 Å². The Morgan fingerprint density at radius 1 is 0.931 bits per heavy atom. The van der Waals surface area contributed by atoms with Crippen LogP contribution in [-0.4, -0.2) is 23.4 Å². The number of hydrogen-bond donors (Lipinski definition) is 1. The van der Waals surface area contributed by atoms with Gasteiger partial charge in [0.05, 0.1) is 6.54 Å². The quantitative estimate of drug-likeness (QED) is 0.570. The number of hydrogen-bond acceptors (Lipinski definition) is 2. The van der Waals surface area contributed by atoms with E-state index in [9.17, 15) is 4.79 Å². The van der Waals surface area contributed by atoms with Gasteiger partial charge in [0.25, 0.3) is 0 Å². The summed E-state index contributed by atoms with van der Waals surface area (Å²) in [6.07, 6.45) is 6.21. The molecule has 1 amide bonds. The van der Waals surface area contributed by atoms with E-state index in [1.807, 2.05) is 31.2 Å². The molecule has 1 aliphatic rings. The van der Waals surface area contributed by atoms with E-state index in [4.69, 9.17) is 0 Å². The Hall–Kier alpha value is -2.65. The number of carbonyl (C=O) groups is 1. The molecule has 150 valence electrons. The smallest absolute Gasteiger partial charge is 0.238 e. The van der Waals surface area contributed by atoms with Crippen LogP contribution in [0.15, 0.2) is 66.7 Å². The first-order valence-electron chi connectivity index (χ1n) is 10.8. The molecule has 3 aromatic rings. The van der Waals surface area contributed by atoms with Crippen molar-refractivity contribution in [2.24, 2.45) is 0 Å². The SMILES string of the molecule is Cc1ccccc1NC(=O)CN(Cc1ccc2ccccc2c1)C1CCCCC1. The third-order valence-electron chi connectivity index (χ3n) is 6.06. The van der Waals surface area contributed by atoms with Crippen LogP contribution in [0.2, 0.25) is 0 Å². The van der Waals surface area contributed by atoms with Gasteiger partial charge in [-0.15, -0.1) is 0 Å². The maximum absolute atomic E-state index is 12.9. The zero-order valence-corrected chi connectivity index (χ0v) is 17.2. The summed E-state index contributed by atoms with van der Waals surface area (Å²) in [5.41, 5.74) is 3.28. The Morgan fingerprint density at radius 2 is 1.66 bits per heavy atom. The largest absolute Gasteiger partial charge is 0.325 e. The van der Waals surface area contributed by atoms with Gasteiger partial charge in [-0.3, -0.25) is 9.69 Å². The van der Waals surface area contributed by atoms with Crippen molar-refractivity contribution in [2.45, 2.75) is 51.6 Å². The topological polar surface area (TPSA) is 32.3 Å². The monoisotopic (exact) mass is 386 g/mol. The molecule has 0 radical (unpaired) electrons. The number of anilines is 1. The minimum Gasteiger partial charge on any atom is -0.325 e. The molecule has 0 spiro atoms. The Labute approximate surface area is 173 Å². The van der Waals surface area contributed by atoms with Crippen molar-refractivity contribution < 1.29 is 4.79 Å². The lowest BCUT2D eigenvalue weighted by Gasteiger charge is -2.34. The summed E-state index contributed by atoms with van der Waals surface area (Å²) in [5, 5.41) is 5.64. The summed E-state index contributed by atoms with van der Waals surface area (Å²) in [4.78, 5) is 15.3. The average Bonchev–Trinajstić information content (AvgIpc) is 2.75. The van der Waals surface area contributed by atoms with E-state index in [0.717, 1.165) is 17.8 Å². The lowest BCUT2D eigenvalue weighted by atomic mass is 9.93. The second-order valence-corrected chi connectivity index (χ2v) is 8.24. The van der Waals surface area contributed by atoms with Crippen molar-refractivity contribution in [3.63, 3.8) is 0 Å². The highest BCUT2D eigenvalue weighted by Gasteiger charge is 2.23. The summed E-state index contributed by atoms with van der Waals surface area (Å²) in [6.45, 7) is 3.28.